The van der Waals surface area contributed by atoms with Crippen LogP contribution in [-0.4, -0.2) is 19.1 Å². The van der Waals surface area contributed by atoms with Gasteiger partial charge in [0, 0.05) is 11.8 Å². The van der Waals surface area contributed by atoms with E-state index in [1.807, 2.05) is 48.5 Å². The molecular weight excluding hydrogens is 393 g/mol. The normalized spacial score (nSPS) is 13.0. The molecule has 29 heavy (non-hydrogen) atoms. The van der Waals surface area contributed by atoms with E-state index >= 15 is 0 Å². The summed E-state index contributed by atoms with van der Waals surface area (Å²) in [5.41, 5.74) is 3.27. The van der Waals surface area contributed by atoms with Crippen LogP contribution in [0.3, 0.4) is 0 Å². The van der Waals surface area contributed by atoms with Gasteiger partial charge in [0.25, 0.3) is 0 Å². The summed E-state index contributed by atoms with van der Waals surface area (Å²) >= 11 is 5.80. The molecule has 5 nitrogen and oxygen atoms in total. The van der Waals surface area contributed by atoms with Gasteiger partial charge in [0.2, 0.25) is 0 Å². The highest BCUT2D eigenvalue weighted by Gasteiger charge is 2.26. The Hall–Kier alpha value is -3.09. The maximum atomic E-state index is 13.3. The first-order valence-corrected chi connectivity index (χ1v) is 9.65. The average molecular weight is 413 g/mol. The van der Waals surface area contributed by atoms with Crippen LogP contribution in [0, 0.1) is 5.82 Å². The van der Waals surface area contributed by atoms with Crippen LogP contribution in [0.1, 0.15) is 5.56 Å². The second-order valence-electron chi connectivity index (χ2n) is 6.70. The number of anilines is 2. The third-order valence-electron chi connectivity index (χ3n) is 4.67. The molecule has 0 fully saturated rings. The number of rotatable bonds is 4. The lowest BCUT2D eigenvalue weighted by Crippen LogP contribution is -2.82. The minimum atomic E-state index is -0.523. The fourth-order valence-electron chi connectivity index (χ4n) is 3.22. The number of quaternary nitrogens is 1. The van der Waals surface area contributed by atoms with Crippen LogP contribution in [0.15, 0.2) is 66.7 Å². The molecule has 7 heteroatoms. The maximum Gasteiger partial charge on any atom is 0.326 e. The molecule has 0 saturated heterocycles. The van der Waals surface area contributed by atoms with Gasteiger partial charge in [-0.2, -0.15) is 0 Å². The van der Waals surface area contributed by atoms with Gasteiger partial charge in [0.15, 0.2) is 5.69 Å². The number of benzene rings is 3. The number of urea groups is 1. The molecule has 3 aromatic rings. The van der Waals surface area contributed by atoms with Gasteiger partial charge in [0.1, 0.15) is 23.9 Å². The second-order valence-corrected chi connectivity index (χ2v) is 7.11. The predicted octanol–water partition coefficient (Wildman–Crippen LogP) is 4.31. The molecule has 0 unspecified atom stereocenters. The number of fused-ring (bicyclic) bond motifs is 1. The van der Waals surface area contributed by atoms with Gasteiger partial charge in [-0.1, -0.05) is 41.9 Å². The minimum Gasteiger partial charge on any atom is -0.489 e. The third kappa shape index (κ3) is 4.50. The summed E-state index contributed by atoms with van der Waals surface area (Å²) < 4.78 is 19.2. The van der Waals surface area contributed by atoms with Gasteiger partial charge in [0.05, 0.1) is 18.1 Å². The standard InChI is InChI=1S/C22H19ClFN3O2/c23-18-12-16(6-8-19(18)24)26-22(28)27-11-10-25-20-13-17(7-9-21(20)27)29-14-15-4-2-1-3-5-15/h1-9,12-13,25H,10-11,14H2,(H,26,28)/p+1. The van der Waals surface area contributed by atoms with E-state index in [9.17, 15) is 9.18 Å². The highest BCUT2D eigenvalue weighted by molar-refractivity contribution is 6.31. The van der Waals surface area contributed by atoms with Crippen molar-refractivity contribution in [1.82, 2.24) is 0 Å². The van der Waals surface area contributed by atoms with Gasteiger partial charge in [-0.25, -0.2) is 9.18 Å². The molecule has 0 bridgehead atoms. The van der Waals surface area contributed by atoms with E-state index < -0.39 is 5.82 Å². The Kier molecular flexibility index (Phi) is 5.64. The second kappa shape index (κ2) is 8.51. The number of nitrogens with one attached hydrogen (secondary N) is 1. The molecular formula is C22H20ClFN3O2+. The minimum absolute atomic E-state index is 0.0321. The number of ether oxygens (including phenoxy) is 1. The van der Waals surface area contributed by atoms with Gasteiger partial charge < -0.3 is 15.4 Å². The molecule has 0 radical (unpaired) electrons. The zero-order valence-electron chi connectivity index (χ0n) is 15.6. The van der Waals surface area contributed by atoms with Crippen molar-refractivity contribution in [2.75, 3.05) is 23.3 Å². The third-order valence-corrected chi connectivity index (χ3v) is 4.96. The van der Waals surface area contributed by atoms with E-state index in [2.05, 4.69) is 10.6 Å². The largest absolute Gasteiger partial charge is 0.489 e. The number of carbonyl (C=O) groups is 1. The molecule has 0 spiro atoms. The first-order valence-electron chi connectivity index (χ1n) is 9.28. The zero-order chi connectivity index (χ0) is 20.2. The summed E-state index contributed by atoms with van der Waals surface area (Å²) in [6.07, 6.45) is 0. The fourth-order valence-corrected chi connectivity index (χ4v) is 3.40. The molecule has 2 amide bonds. The monoisotopic (exact) mass is 412 g/mol. The fraction of sp³-hybridized carbons (Fsp3) is 0.136. The van der Waals surface area contributed by atoms with Crippen molar-refractivity contribution >= 4 is 34.7 Å². The molecule has 3 N–H and O–H groups in total. The zero-order valence-corrected chi connectivity index (χ0v) is 16.3. The van der Waals surface area contributed by atoms with Gasteiger partial charge >= 0.3 is 6.03 Å². The number of halogens is 2. The van der Waals surface area contributed by atoms with Crippen molar-refractivity contribution in [2.45, 2.75) is 6.61 Å². The van der Waals surface area contributed by atoms with Crippen LogP contribution < -0.4 is 20.3 Å². The molecule has 148 valence electrons. The predicted molar refractivity (Wildman–Crippen MR) is 111 cm³/mol. The lowest BCUT2D eigenvalue weighted by Gasteiger charge is -2.27. The van der Waals surface area contributed by atoms with E-state index in [1.165, 1.54) is 18.2 Å². The molecule has 3 aromatic carbocycles. The average Bonchev–Trinajstić information content (AvgIpc) is 2.75. The van der Waals surface area contributed by atoms with E-state index in [1.54, 1.807) is 4.90 Å². The number of amides is 2. The van der Waals surface area contributed by atoms with Crippen molar-refractivity contribution in [3.05, 3.63) is 83.1 Å². The van der Waals surface area contributed by atoms with E-state index in [0.717, 1.165) is 29.2 Å². The van der Waals surface area contributed by atoms with E-state index in [-0.39, 0.29) is 11.1 Å². The highest BCUT2D eigenvalue weighted by Crippen LogP contribution is 2.30. The lowest BCUT2D eigenvalue weighted by atomic mass is 10.2. The Morgan fingerprint density at radius 2 is 1.97 bits per heavy atom. The number of carbonyl (C=O) groups excluding carboxylic acids is 1. The summed E-state index contributed by atoms with van der Waals surface area (Å²) in [5, 5.41) is 4.83. The van der Waals surface area contributed by atoms with Crippen LogP contribution in [0.4, 0.5) is 26.2 Å². The Balaban J connectivity index is 1.47. The summed E-state index contributed by atoms with van der Waals surface area (Å²) in [6, 6.07) is 19.4. The molecule has 0 saturated carbocycles. The SMILES string of the molecule is O=C(Nc1ccc(F)c(Cl)c1)N1CC[NH2+]c2cc(OCc3ccccc3)ccc21. The van der Waals surface area contributed by atoms with Crippen molar-refractivity contribution in [2.24, 2.45) is 0 Å². The van der Waals surface area contributed by atoms with Crippen molar-refractivity contribution in [3.8, 4) is 5.75 Å². The maximum absolute atomic E-state index is 13.3. The quantitative estimate of drug-likeness (QED) is 0.627. The van der Waals surface area contributed by atoms with Crippen LogP contribution in [-0.2, 0) is 6.61 Å². The Labute approximate surface area is 173 Å². The number of nitrogens with two attached hydrogens (primary N) is 1. The van der Waals surface area contributed by atoms with E-state index in [0.29, 0.717) is 18.8 Å². The molecule has 1 heterocycles. The van der Waals surface area contributed by atoms with Crippen LogP contribution in [0.2, 0.25) is 5.02 Å². The lowest BCUT2D eigenvalue weighted by molar-refractivity contribution is -0.570. The molecule has 1 aliphatic heterocycles. The van der Waals surface area contributed by atoms with Crippen LogP contribution >= 0.6 is 11.6 Å². The van der Waals surface area contributed by atoms with Crippen molar-refractivity contribution in [1.29, 1.82) is 0 Å². The number of hydrogen-bond acceptors (Lipinski definition) is 2. The molecule has 0 atom stereocenters. The Bertz CT molecular complexity index is 1030. The summed E-state index contributed by atoms with van der Waals surface area (Å²) in [4.78, 5) is 14.4. The summed E-state index contributed by atoms with van der Waals surface area (Å²) in [6.45, 7) is 1.76. The van der Waals surface area contributed by atoms with Crippen molar-refractivity contribution < 1.29 is 19.2 Å². The van der Waals surface area contributed by atoms with Crippen LogP contribution in [0.25, 0.3) is 0 Å². The Morgan fingerprint density at radius 1 is 1.14 bits per heavy atom. The van der Waals surface area contributed by atoms with E-state index in [4.69, 9.17) is 16.3 Å². The molecule has 1 aliphatic rings. The summed E-state index contributed by atoms with van der Waals surface area (Å²) in [7, 11) is 0. The molecule has 4 rings (SSSR count). The first-order chi connectivity index (χ1) is 14.1. The van der Waals surface area contributed by atoms with Gasteiger partial charge in [-0.05, 0) is 35.9 Å². The highest BCUT2D eigenvalue weighted by atomic mass is 35.5. The van der Waals surface area contributed by atoms with Crippen molar-refractivity contribution in [3.63, 3.8) is 0 Å². The number of hydrogen-bond donors (Lipinski definition) is 2. The topological polar surface area (TPSA) is 58.2 Å². The smallest absolute Gasteiger partial charge is 0.326 e. The number of nitrogens with zero attached hydrogens (tertiary/aromatic N) is 1. The van der Waals surface area contributed by atoms with Crippen LogP contribution in [0.5, 0.6) is 5.75 Å². The van der Waals surface area contributed by atoms with Gasteiger partial charge in [-0.3, -0.25) is 4.90 Å². The van der Waals surface area contributed by atoms with Gasteiger partial charge in [-0.15, -0.1) is 0 Å². The summed E-state index contributed by atoms with van der Waals surface area (Å²) in [5.74, 6) is 0.224. The first kappa shape index (κ1) is 19.2. The Morgan fingerprint density at radius 3 is 2.76 bits per heavy atom. The molecule has 0 aliphatic carbocycles. The molecule has 0 aromatic heterocycles.